The molecule has 0 bridgehead atoms. The van der Waals surface area contributed by atoms with Crippen LogP contribution in [0.1, 0.15) is 16.9 Å². The Hall–Kier alpha value is -0.470. The summed E-state index contributed by atoms with van der Waals surface area (Å²) in [6.07, 6.45) is 0.827. The van der Waals surface area contributed by atoms with Crippen LogP contribution in [0.5, 0.6) is 0 Å². The molecular weight excluding hydrogens is 272 g/mol. The molecule has 18 heavy (non-hydrogen) atoms. The van der Waals surface area contributed by atoms with Crippen LogP contribution in [0.25, 0.3) is 0 Å². The lowest BCUT2D eigenvalue weighted by molar-refractivity contribution is 0.282. The number of hydrogen-bond acceptors (Lipinski definition) is 5. The Morgan fingerprint density at radius 3 is 2.89 bits per heavy atom. The highest BCUT2D eigenvalue weighted by atomic mass is 32.2. The van der Waals surface area contributed by atoms with Gasteiger partial charge in [0.25, 0.3) is 0 Å². The predicted octanol–water partition coefficient (Wildman–Crippen LogP) is 0.531. The third-order valence-corrected chi connectivity index (χ3v) is 6.08. The van der Waals surface area contributed by atoms with Gasteiger partial charge in [0.15, 0.2) is 0 Å². The first kappa shape index (κ1) is 14.0. The number of aliphatic hydroxyl groups is 1. The Kier molecular flexibility index (Phi) is 4.08. The molecule has 1 aromatic heterocycles. The zero-order valence-electron chi connectivity index (χ0n) is 10.5. The van der Waals surface area contributed by atoms with Crippen molar-refractivity contribution < 1.29 is 13.5 Å². The fourth-order valence-corrected chi connectivity index (χ4v) is 5.19. The number of likely N-dealkylation sites (tertiary alicyclic amines) is 1. The van der Waals surface area contributed by atoms with Crippen LogP contribution >= 0.6 is 11.3 Å². The largest absolute Gasteiger partial charge is 0.391 e. The Labute approximate surface area is 111 Å². The van der Waals surface area contributed by atoms with Crippen molar-refractivity contribution in [3.05, 3.63) is 15.8 Å². The molecule has 7 heteroatoms. The van der Waals surface area contributed by atoms with Gasteiger partial charge in [-0.2, -0.15) is 0 Å². The zero-order chi connectivity index (χ0) is 13.3. The number of likely N-dealkylation sites (N-methyl/N-ethyl adjacent to an activating group) is 1. The maximum Gasteiger partial charge on any atom is 0.242 e. The Bertz CT molecular complexity index is 524. The van der Waals surface area contributed by atoms with Crippen LogP contribution in [0, 0.1) is 6.92 Å². The normalized spacial score (nSPS) is 21.6. The molecule has 0 amide bonds. The fourth-order valence-electron chi connectivity index (χ4n) is 2.27. The van der Waals surface area contributed by atoms with Crippen LogP contribution in [0.4, 0.5) is 0 Å². The summed E-state index contributed by atoms with van der Waals surface area (Å²) >= 11 is 1.28. The molecule has 0 aromatic carbocycles. The standard InChI is InChI=1S/C11H18N2O3S2/c1-8-7-17-10(6-14)11(8)18(15,16)12-9-3-4-13(2)5-9/h7,9,12,14H,3-6H2,1-2H3. The summed E-state index contributed by atoms with van der Waals surface area (Å²) in [4.78, 5) is 2.86. The van der Waals surface area contributed by atoms with Crippen molar-refractivity contribution in [3.8, 4) is 0 Å². The molecule has 1 aliphatic heterocycles. The average Bonchev–Trinajstić information content (AvgIpc) is 2.84. The van der Waals surface area contributed by atoms with Gasteiger partial charge in [-0.3, -0.25) is 0 Å². The van der Waals surface area contributed by atoms with Gasteiger partial charge in [-0.05, 0) is 37.9 Å². The van der Waals surface area contributed by atoms with Crippen LogP contribution < -0.4 is 4.72 Å². The van der Waals surface area contributed by atoms with E-state index in [0.717, 1.165) is 19.5 Å². The molecule has 1 aliphatic rings. The smallest absolute Gasteiger partial charge is 0.242 e. The maximum atomic E-state index is 12.3. The molecule has 2 heterocycles. The van der Waals surface area contributed by atoms with E-state index in [4.69, 9.17) is 0 Å². The molecule has 2 N–H and O–H groups in total. The molecular formula is C11H18N2O3S2. The molecule has 102 valence electrons. The number of aliphatic hydroxyl groups excluding tert-OH is 1. The third-order valence-electron chi connectivity index (χ3n) is 3.11. The second kappa shape index (κ2) is 5.26. The van der Waals surface area contributed by atoms with E-state index < -0.39 is 10.0 Å². The van der Waals surface area contributed by atoms with Gasteiger partial charge in [-0.15, -0.1) is 11.3 Å². The molecule has 0 saturated carbocycles. The lowest BCUT2D eigenvalue weighted by atomic mass is 10.3. The van der Waals surface area contributed by atoms with Gasteiger partial charge in [0, 0.05) is 12.6 Å². The van der Waals surface area contributed by atoms with Gasteiger partial charge in [-0.1, -0.05) is 0 Å². The van der Waals surface area contributed by atoms with Crippen molar-refractivity contribution in [1.29, 1.82) is 0 Å². The minimum atomic E-state index is -3.52. The van der Waals surface area contributed by atoms with E-state index in [1.54, 1.807) is 12.3 Å². The number of aryl methyl sites for hydroxylation is 1. The van der Waals surface area contributed by atoms with Crippen molar-refractivity contribution in [2.75, 3.05) is 20.1 Å². The van der Waals surface area contributed by atoms with Gasteiger partial charge >= 0.3 is 0 Å². The van der Waals surface area contributed by atoms with Gasteiger partial charge in [-0.25, -0.2) is 13.1 Å². The number of rotatable bonds is 4. The highest BCUT2D eigenvalue weighted by Gasteiger charge is 2.28. The van der Waals surface area contributed by atoms with Crippen LogP contribution in [-0.2, 0) is 16.6 Å². The monoisotopic (exact) mass is 290 g/mol. The molecule has 1 fully saturated rings. The van der Waals surface area contributed by atoms with Crippen LogP contribution in [0.3, 0.4) is 0 Å². The van der Waals surface area contributed by atoms with E-state index in [-0.39, 0.29) is 17.5 Å². The third kappa shape index (κ3) is 2.75. The SMILES string of the molecule is Cc1csc(CO)c1S(=O)(=O)NC1CCN(C)C1. The first-order valence-electron chi connectivity index (χ1n) is 5.82. The van der Waals surface area contributed by atoms with Gasteiger partial charge in [0.1, 0.15) is 4.90 Å². The molecule has 1 aromatic rings. The number of nitrogens with zero attached hydrogens (tertiary/aromatic N) is 1. The number of sulfonamides is 1. The van der Waals surface area contributed by atoms with Gasteiger partial charge < -0.3 is 10.0 Å². The Morgan fingerprint density at radius 1 is 1.61 bits per heavy atom. The van der Waals surface area contributed by atoms with E-state index in [2.05, 4.69) is 9.62 Å². The Morgan fingerprint density at radius 2 is 2.33 bits per heavy atom. The van der Waals surface area contributed by atoms with E-state index in [9.17, 15) is 13.5 Å². The van der Waals surface area contributed by atoms with Crippen molar-refractivity contribution >= 4 is 21.4 Å². The molecule has 0 radical (unpaired) electrons. The summed E-state index contributed by atoms with van der Waals surface area (Å²) in [5, 5.41) is 11.0. The minimum absolute atomic E-state index is 0.0363. The van der Waals surface area contributed by atoms with Crippen LogP contribution in [-0.4, -0.2) is 44.6 Å². The van der Waals surface area contributed by atoms with E-state index >= 15 is 0 Å². The first-order valence-corrected chi connectivity index (χ1v) is 8.19. The van der Waals surface area contributed by atoms with Crippen LogP contribution in [0.15, 0.2) is 10.3 Å². The van der Waals surface area contributed by atoms with Crippen molar-refractivity contribution in [2.45, 2.75) is 30.9 Å². The lowest BCUT2D eigenvalue weighted by Crippen LogP contribution is -2.36. The average molecular weight is 290 g/mol. The predicted molar refractivity (Wildman–Crippen MR) is 71.2 cm³/mol. The van der Waals surface area contributed by atoms with Gasteiger partial charge in [0.2, 0.25) is 10.0 Å². The summed E-state index contributed by atoms with van der Waals surface area (Å²) in [7, 11) is -1.55. The van der Waals surface area contributed by atoms with Crippen molar-refractivity contribution in [2.24, 2.45) is 0 Å². The quantitative estimate of drug-likeness (QED) is 0.849. The van der Waals surface area contributed by atoms with Gasteiger partial charge in [0.05, 0.1) is 11.5 Å². The molecule has 0 spiro atoms. The summed E-state index contributed by atoms with van der Waals surface area (Å²) in [6, 6.07) is -0.0363. The number of nitrogens with one attached hydrogen (secondary N) is 1. The van der Waals surface area contributed by atoms with Crippen molar-refractivity contribution in [1.82, 2.24) is 9.62 Å². The second-order valence-corrected chi connectivity index (χ2v) is 7.31. The summed E-state index contributed by atoms with van der Waals surface area (Å²) in [5.74, 6) is 0. The number of hydrogen-bond donors (Lipinski definition) is 2. The van der Waals surface area contributed by atoms with E-state index in [1.165, 1.54) is 11.3 Å². The van der Waals surface area contributed by atoms with Crippen molar-refractivity contribution in [3.63, 3.8) is 0 Å². The molecule has 1 saturated heterocycles. The second-order valence-electron chi connectivity index (χ2n) is 4.70. The minimum Gasteiger partial charge on any atom is -0.391 e. The molecule has 1 atom stereocenters. The summed E-state index contributed by atoms with van der Waals surface area (Å²) in [5.41, 5.74) is 0.697. The molecule has 0 aliphatic carbocycles. The Balaban J connectivity index is 2.22. The van der Waals surface area contributed by atoms with E-state index in [0.29, 0.717) is 10.4 Å². The number of thiophene rings is 1. The van der Waals surface area contributed by atoms with Crippen LogP contribution in [0.2, 0.25) is 0 Å². The molecule has 2 rings (SSSR count). The highest BCUT2D eigenvalue weighted by Crippen LogP contribution is 2.27. The summed E-state index contributed by atoms with van der Waals surface area (Å²) in [6.45, 7) is 3.16. The topological polar surface area (TPSA) is 69.6 Å². The highest BCUT2D eigenvalue weighted by molar-refractivity contribution is 7.89. The summed E-state index contributed by atoms with van der Waals surface area (Å²) < 4.78 is 27.4. The molecule has 5 nitrogen and oxygen atoms in total. The first-order chi connectivity index (χ1) is 8.44. The molecule has 1 unspecified atom stereocenters. The maximum absolute atomic E-state index is 12.3. The lowest BCUT2D eigenvalue weighted by Gasteiger charge is -2.14. The van der Waals surface area contributed by atoms with E-state index in [1.807, 2.05) is 7.05 Å². The fraction of sp³-hybridized carbons (Fsp3) is 0.636. The zero-order valence-corrected chi connectivity index (χ0v) is 12.1.